The summed E-state index contributed by atoms with van der Waals surface area (Å²) < 4.78 is 5.33. The molecule has 1 N–H and O–H groups in total. The molecule has 0 atom stereocenters. The molecule has 2 heterocycles. The number of ether oxygens (including phenoxy) is 1. The third-order valence-electron chi connectivity index (χ3n) is 6.23. The molecule has 1 amide bonds. The zero-order chi connectivity index (χ0) is 21.6. The first-order valence-corrected chi connectivity index (χ1v) is 12.0. The number of carbonyl (C=O) groups excluding carboxylic acids is 1. The molecule has 31 heavy (non-hydrogen) atoms. The Morgan fingerprint density at radius 1 is 1.19 bits per heavy atom. The number of rotatable bonds is 6. The Balaban J connectivity index is 1.27. The Morgan fingerprint density at radius 3 is 2.77 bits per heavy atom. The van der Waals surface area contributed by atoms with Gasteiger partial charge in [-0.1, -0.05) is 12.5 Å². The van der Waals surface area contributed by atoms with Crippen molar-refractivity contribution >= 4 is 27.9 Å². The number of hydrogen-bond donors (Lipinski definition) is 1. The second kappa shape index (κ2) is 10.2. The fourth-order valence-electron chi connectivity index (χ4n) is 4.43. The molecule has 2 aliphatic rings. The van der Waals surface area contributed by atoms with Gasteiger partial charge in [0, 0.05) is 55.8 Å². The van der Waals surface area contributed by atoms with E-state index in [1.807, 2.05) is 12.1 Å². The molecular formula is C24H30N4O2S. The molecule has 1 aliphatic heterocycles. The summed E-state index contributed by atoms with van der Waals surface area (Å²) in [6.45, 7) is 4.48. The largest absolute Gasteiger partial charge is 0.497 e. The van der Waals surface area contributed by atoms with E-state index in [1.54, 1.807) is 18.4 Å². The summed E-state index contributed by atoms with van der Waals surface area (Å²) in [7, 11) is 1.69. The highest BCUT2D eigenvalue weighted by atomic mass is 32.1. The van der Waals surface area contributed by atoms with Crippen LogP contribution in [0.3, 0.4) is 0 Å². The van der Waals surface area contributed by atoms with Gasteiger partial charge in [0.25, 0.3) is 0 Å². The number of fused-ring (bicyclic) bond motifs is 1. The summed E-state index contributed by atoms with van der Waals surface area (Å²) in [6.07, 6.45) is 5.97. The highest BCUT2D eigenvalue weighted by Crippen LogP contribution is 2.37. The third kappa shape index (κ3) is 5.20. The highest BCUT2D eigenvalue weighted by Gasteiger charge is 2.22. The van der Waals surface area contributed by atoms with Crippen LogP contribution in [-0.4, -0.2) is 50.6 Å². The van der Waals surface area contributed by atoms with Crippen molar-refractivity contribution in [1.82, 2.24) is 4.90 Å². The lowest BCUT2D eigenvalue weighted by Gasteiger charge is -2.36. The van der Waals surface area contributed by atoms with Crippen LogP contribution in [0.4, 0.5) is 10.7 Å². The summed E-state index contributed by atoms with van der Waals surface area (Å²) >= 11 is 1.61. The van der Waals surface area contributed by atoms with Gasteiger partial charge in [-0.3, -0.25) is 9.69 Å². The Bertz CT molecular complexity index is 957. The Hall–Kier alpha value is -2.56. The van der Waals surface area contributed by atoms with E-state index in [9.17, 15) is 10.1 Å². The second-order valence-corrected chi connectivity index (χ2v) is 9.31. The number of nitrogens with zero attached hydrogens (tertiary/aromatic N) is 3. The van der Waals surface area contributed by atoms with Gasteiger partial charge < -0.3 is 15.0 Å². The Kier molecular flexibility index (Phi) is 7.10. The van der Waals surface area contributed by atoms with E-state index < -0.39 is 0 Å². The number of nitrogens with one attached hydrogen (secondary N) is 1. The molecule has 0 radical (unpaired) electrons. The van der Waals surface area contributed by atoms with Crippen LogP contribution in [0.2, 0.25) is 0 Å². The second-order valence-electron chi connectivity index (χ2n) is 8.21. The van der Waals surface area contributed by atoms with Crippen molar-refractivity contribution in [2.75, 3.05) is 50.1 Å². The predicted molar refractivity (Wildman–Crippen MR) is 125 cm³/mol. The number of thiophene rings is 1. The number of benzene rings is 1. The van der Waals surface area contributed by atoms with Crippen LogP contribution in [0.25, 0.3) is 0 Å². The number of carbonyl (C=O) groups is 1. The Labute approximate surface area is 188 Å². The van der Waals surface area contributed by atoms with Gasteiger partial charge in [-0.2, -0.15) is 5.26 Å². The SMILES string of the molecule is COc1cccc(N2CCN(CCC(=O)Nc3sc4c(c3C#N)CCCCC4)CC2)c1. The van der Waals surface area contributed by atoms with Gasteiger partial charge in [0.15, 0.2) is 0 Å². The molecule has 7 heteroatoms. The van der Waals surface area contributed by atoms with Crippen LogP contribution in [0.15, 0.2) is 24.3 Å². The maximum atomic E-state index is 12.6. The van der Waals surface area contributed by atoms with E-state index in [0.29, 0.717) is 12.0 Å². The summed E-state index contributed by atoms with van der Waals surface area (Å²) in [6, 6.07) is 10.5. The maximum absolute atomic E-state index is 12.6. The lowest BCUT2D eigenvalue weighted by atomic mass is 10.1. The molecule has 1 aromatic heterocycles. The number of nitriles is 1. The molecule has 1 aliphatic carbocycles. The van der Waals surface area contributed by atoms with Crippen molar-refractivity contribution in [1.29, 1.82) is 5.26 Å². The van der Waals surface area contributed by atoms with Crippen LogP contribution >= 0.6 is 11.3 Å². The summed E-state index contributed by atoms with van der Waals surface area (Å²) in [5.74, 6) is 0.877. The number of anilines is 2. The summed E-state index contributed by atoms with van der Waals surface area (Å²) in [4.78, 5) is 18.6. The van der Waals surface area contributed by atoms with Gasteiger partial charge in [-0.05, 0) is 43.4 Å². The maximum Gasteiger partial charge on any atom is 0.226 e. The van der Waals surface area contributed by atoms with E-state index >= 15 is 0 Å². The molecule has 6 nitrogen and oxygen atoms in total. The molecule has 1 aromatic carbocycles. The highest BCUT2D eigenvalue weighted by molar-refractivity contribution is 7.16. The summed E-state index contributed by atoms with van der Waals surface area (Å²) in [5, 5.41) is 13.4. The molecule has 0 bridgehead atoms. The topological polar surface area (TPSA) is 68.6 Å². The number of methoxy groups -OCH3 is 1. The van der Waals surface area contributed by atoms with Crippen LogP contribution in [0.5, 0.6) is 5.75 Å². The van der Waals surface area contributed by atoms with Crippen molar-refractivity contribution in [3.63, 3.8) is 0 Å². The van der Waals surface area contributed by atoms with Gasteiger partial charge in [0.05, 0.1) is 12.7 Å². The zero-order valence-corrected chi connectivity index (χ0v) is 19.0. The number of aryl methyl sites for hydroxylation is 1. The van der Waals surface area contributed by atoms with Crippen molar-refractivity contribution in [2.45, 2.75) is 38.5 Å². The van der Waals surface area contributed by atoms with Gasteiger partial charge in [0.1, 0.15) is 16.8 Å². The smallest absolute Gasteiger partial charge is 0.226 e. The standard InChI is InChI=1S/C24H30N4O2S/c1-30-19-7-5-6-18(16-19)28-14-12-27(13-15-28)11-10-23(29)26-24-21(17-25)20-8-3-2-4-9-22(20)31-24/h5-7,16H,2-4,8-15H2,1H3,(H,26,29). The van der Waals surface area contributed by atoms with Crippen molar-refractivity contribution < 1.29 is 9.53 Å². The van der Waals surface area contributed by atoms with Gasteiger partial charge >= 0.3 is 0 Å². The molecule has 0 saturated carbocycles. The Morgan fingerprint density at radius 2 is 2.00 bits per heavy atom. The monoisotopic (exact) mass is 438 g/mol. The summed E-state index contributed by atoms with van der Waals surface area (Å²) in [5.41, 5.74) is 3.05. The predicted octanol–water partition coefficient (Wildman–Crippen LogP) is 4.05. The molecule has 1 fully saturated rings. The number of piperazine rings is 1. The lowest BCUT2D eigenvalue weighted by Crippen LogP contribution is -2.47. The first kappa shape index (κ1) is 21.7. The molecule has 0 spiro atoms. The minimum atomic E-state index is 0.00290. The average molecular weight is 439 g/mol. The van der Waals surface area contributed by atoms with E-state index in [1.165, 1.54) is 29.0 Å². The van der Waals surface area contributed by atoms with E-state index in [0.717, 1.165) is 62.7 Å². The van der Waals surface area contributed by atoms with E-state index in [-0.39, 0.29) is 5.91 Å². The van der Waals surface area contributed by atoms with E-state index in [4.69, 9.17) is 4.74 Å². The van der Waals surface area contributed by atoms with Gasteiger partial charge in [-0.25, -0.2) is 0 Å². The minimum Gasteiger partial charge on any atom is -0.497 e. The normalized spacial score (nSPS) is 16.8. The first-order chi connectivity index (χ1) is 15.2. The molecule has 2 aromatic rings. The molecular weight excluding hydrogens is 408 g/mol. The van der Waals surface area contributed by atoms with Crippen molar-refractivity contribution in [3.8, 4) is 11.8 Å². The zero-order valence-electron chi connectivity index (χ0n) is 18.2. The molecule has 0 unspecified atom stereocenters. The number of amides is 1. The fraction of sp³-hybridized carbons (Fsp3) is 0.500. The van der Waals surface area contributed by atoms with Crippen LogP contribution < -0.4 is 15.0 Å². The fourth-order valence-corrected chi connectivity index (χ4v) is 5.69. The minimum absolute atomic E-state index is 0.00290. The molecule has 4 rings (SSSR count). The van der Waals surface area contributed by atoms with E-state index in [2.05, 4.69) is 33.3 Å². The van der Waals surface area contributed by atoms with Crippen LogP contribution in [0.1, 0.15) is 41.7 Å². The van der Waals surface area contributed by atoms with Gasteiger partial charge in [0.2, 0.25) is 5.91 Å². The average Bonchev–Trinajstić information content (AvgIpc) is 2.96. The van der Waals surface area contributed by atoms with Crippen LogP contribution in [-0.2, 0) is 17.6 Å². The van der Waals surface area contributed by atoms with Crippen molar-refractivity contribution in [3.05, 3.63) is 40.3 Å². The van der Waals surface area contributed by atoms with Gasteiger partial charge in [-0.15, -0.1) is 11.3 Å². The lowest BCUT2D eigenvalue weighted by molar-refractivity contribution is -0.116. The molecule has 164 valence electrons. The molecule has 1 saturated heterocycles. The first-order valence-electron chi connectivity index (χ1n) is 11.1. The number of hydrogen-bond acceptors (Lipinski definition) is 6. The quantitative estimate of drug-likeness (QED) is 0.689. The van der Waals surface area contributed by atoms with Crippen LogP contribution in [0, 0.1) is 11.3 Å². The van der Waals surface area contributed by atoms with Crippen molar-refractivity contribution in [2.24, 2.45) is 0 Å². The third-order valence-corrected chi connectivity index (χ3v) is 7.44.